The smallest absolute Gasteiger partial charge is 0.319 e. The molecular formula is C16H14ClN3O2. The van der Waals surface area contributed by atoms with E-state index >= 15 is 0 Å². The van der Waals surface area contributed by atoms with Crippen LogP contribution in [0.15, 0.2) is 48.5 Å². The van der Waals surface area contributed by atoms with Gasteiger partial charge in [0.15, 0.2) is 0 Å². The van der Waals surface area contributed by atoms with Gasteiger partial charge in [0.25, 0.3) is 0 Å². The monoisotopic (exact) mass is 315 g/mol. The molecule has 0 heterocycles. The van der Waals surface area contributed by atoms with E-state index in [1.807, 2.05) is 36.4 Å². The highest BCUT2D eigenvalue weighted by molar-refractivity contribution is 6.32. The van der Waals surface area contributed by atoms with Crippen LogP contribution in [0.3, 0.4) is 0 Å². The third-order valence-electron chi connectivity index (χ3n) is 3.04. The van der Waals surface area contributed by atoms with Gasteiger partial charge in [-0.15, -0.1) is 0 Å². The van der Waals surface area contributed by atoms with Gasteiger partial charge < -0.3 is 15.7 Å². The predicted molar refractivity (Wildman–Crippen MR) is 84.6 cm³/mol. The molecule has 0 radical (unpaired) electrons. The molecule has 0 aliphatic rings. The molecule has 1 unspecified atom stereocenters. The minimum atomic E-state index is -0.505. The maximum absolute atomic E-state index is 12.0. The molecule has 0 aromatic heterocycles. The van der Waals surface area contributed by atoms with Crippen molar-refractivity contribution in [2.75, 3.05) is 11.9 Å². The highest BCUT2D eigenvalue weighted by Gasteiger charge is 2.13. The molecular weight excluding hydrogens is 302 g/mol. The second kappa shape index (κ2) is 7.46. The van der Waals surface area contributed by atoms with Crippen LogP contribution in [0.4, 0.5) is 10.5 Å². The first-order valence-corrected chi connectivity index (χ1v) is 6.95. The Morgan fingerprint density at radius 2 is 2.00 bits per heavy atom. The number of nitrogens with zero attached hydrogens (tertiary/aromatic N) is 1. The number of hydrogen-bond donors (Lipinski definition) is 3. The predicted octanol–water partition coefficient (Wildman–Crippen LogP) is 3.07. The molecule has 0 bridgehead atoms. The SMILES string of the molecule is N#Cc1ccc(NC(=O)NC(CO)c2ccccc2)cc1Cl. The highest BCUT2D eigenvalue weighted by Crippen LogP contribution is 2.20. The quantitative estimate of drug-likeness (QED) is 0.810. The lowest BCUT2D eigenvalue weighted by Gasteiger charge is -2.17. The molecule has 2 amide bonds. The summed E-state index contributed by atoms with van der Waals surface area (Å²) >= 11 is 5.91. The number of urea groups is 1. The Hall–Kier alpha value is -2.55. The zero-order valence-electron chi connectivity index (χ0n) is 11.6. The maximum atomic E-state index is 12.0. The summed E-state index contributed by atoms with van der Waals surface area (Å²) in [6, 6.07) is 14.7. The molecule has 22 heavy (non-hydrogen) atoms. The average molecular weight is 316 g/mol. The van der Waals surface area contributed by atoms with Gasteiger partial charge in [0.1, 0.15) is 6.07 Å². The second-order valence-corrected chi connectivity index (χ2v) is 4.96. The van der Waals surface area contributed by atoms with Gasteiger partial charge >= 0.3 is 6.03 Å². The number of nitriles is 1. The highest BCUT2D eigenvalue weighted by atomic mass is 35.5. The number of benzene rings is 2. The fourth-order valence-corrected chi connectivity index (χ4v) is 2.15. The molecule has 2 rings (SSSR count). The maximum Gasteiger partial charge on any atom is 0.319 e. The van der Waals surface area contributed by atoms with Crippen LogP contribution < -0.4 is 10.6 Å². The number of aliphatic hydroxyl groups excluding tert-OH is 1. The van der Waals surface area contributed by atoms with E-state index in [1.165, 1.54) is 12.1 Å². The summed E-state index contributed by atoms with van der Waals surface area (Å²) in [5.74, 6) is 0. The summed E-state index contributed by atoms with van der Waals surface area (Å²) in [5, 5.41) is 23.8. The Bertz CT molecular complexity index is 698. The van der Waals surface area contributed by atoms with Gasteiger partial charge in [0.2, 0.25) is 0 Å². The van der Waals surface area contributed by atoms with Gasteiger partial charge in [0.05, 0.1) is 23.2 Å². The molecule has 5 nitrogen and oxygen atoms in total. The van der Waals surface area contributed by atoms with Crippen molar-refractivity contribution in [3.8, 4) is 6.07 Å². The summed E-state index contributed by atoms with van der Waals surface area (Å²) in [4.78, 5) is 12.0. The van der Waals surface area contributed by atoms with E-state index in [-0.39, 0.29) is 11.6 Å². The Balaban J connectivity index is 2.03. The van der Waals surface area contributed by atoms with Crippen LogP contribution in [-0.4, -0.2) is 17.7 Å². The Morgan fingerprint density at radius 3 is 2.59 bits per heavy atom. The lowest BCUT2D eigenvalue weighted by molar-refractivity contribution is 0.225. The van der Waals surface area contributed by atoms with Gasteiger partial charge in [-0.3, -0.25) is 0 Å². The number of anilines is 1. The fourth-order valence-electron chi connectivity index (χ4n) is 1.93. The van der Waals surface area contributed by atoms with Gasteiger partial charge in [-0.2, -0.15) is 5.26 Å². The summed E-state index contributed by atoms with van der Waals surface area (Å²) in [6.07, 6.45) is 0. The molecule has 2 aromatic carbocycles. The Labute approximate surface area is 133 Å². The molecule has 2 aromatic rings. The Kier molecular flexibility index (Phi) is 5.37. The van der Waals surface area contributed by atoms with E-state index in [0.717, 1.165) is 5.56 Å². The topological polar surface area (TPSA) is 85.2 Å². The average Bonchev–Trinajstić information content (AvgIpc) is 2.53. The van der Waals surface area contributed by atoms with E-state index < -0.39 is 12.1 Å². The van der Waals surface area contributed by atoms with E-state index in [9.17, 15) is 9.90 Å². The number of hydrogen-bond acceptors (Lipinski definition) is 3. The summed E-state index contributed by atoms with van der Waals surface area (Å²) in [7, 11) is 0. The number of aliphatic hydroxyl groups is 1. The lowest BCUT2D eigenvalue weighted by Crippen LogP contribution is -2.34. The number of nitrogens with one attached hydrogen (secondary N) is 2. The van der Waals surface area contributed by atoms with E-state index in [1.54, 1.807) is 6.07 Å². The van der Waals surface area contributed by atoms with Crippen molar-refractivity contribution in [2.45, 2.75) is 6.04 Å². The number of carbonyl (C=O) groups is 1. The van der Waals surface area contributed by atoms with Crippen molar-refractivity contribution >= 4 is 23.3 Å². The minimum absolute atomic E-state index is 0.217. The van der Waals surface area contributed by atoms with E-state index in [4.69, 9.17) is 16.9 Å². The second-order valence-electron chi connectivity index (χ2n) is 4.55. The van der Waals surface area contributed by atoms with Crippen molar-refractivity contribution in [3.05, 3.63) is 64.7 Å². The molecule has 0 fully saturated rings. The zero-order valence-corrected chi connectivity index (χ0v) is 12.3. The number of halogens is 1. The van der Waals surface area contributed by atoms with Gasteiger partial charge in [-0.25, -0.2) is 4.79 Å². The van der Waals surface area contributed by atoms with Crippen molar-refractivity contribution in [3.63, 3.8) is 0 Å². The van der Waals surface area contributed by atoms with E-state index in [0.29, 0.717) is 11.3 Å². The standard InChI is InChI=1S/C16H14ClN3O2/c17-14-8-13(7-6-12(14)9-18)19-16(22)20-15(10-21)11-4-2-1-3-5-11/h1-8,15,21H,10H2,(H2,19,20,22). The fraction of sp³-hybridized carbons (Fsp3) is 0.125. The van der Waals surface area contributed by atoms with Crippen molar-refractivity contribution in [1.82, 2.24) is 5.32 Å². The first-order chi connectivity index (χ1) is 10.6. The molecule has 3 N–H and O–H groups in total. The van der Waals surface area contributed by atoms with Gasteiger partial charge in [0, 0.05) is 5.69 Å². The molecule has 0 saturated heterocycles. The lowest BCUT2D eigenvalue weighted by atomic mass is 10.1. The van der Waals surface area contributed by atoms with Crippen molar-refractivity contribution in [1.29, 1.82) is 5.26 Å². The molecule has 0 saturated carbocycles. The number of rotatable bonds is 4. The van der Waals surface area contributed by atoms with Crippen LogP contribution in [0.5, 0.6) is 0 Å². The van der Waals surface area contributed by atoms with Crippen LogP contribution in [0, 0.1) is 11.3 Å². The summed E-state index contributed by atoms with van der Waals surface area (Å²) < 4.78 is 0. The van der Waals surface area contributed by atoms with Crippen LogP contribution in [0.25, 0.3) is 0 Å². The third-order valence-corrected chi connectivity index (χ3v) is 3.35. The number of carbonyl (C=O) groups excluding carboxylic acids is 1. The van der Waals surface area contributed by atoms with Crippen molar-refractivity contribution in [2.24, 2.45) is 0 Å². The van der Waals surface area contributed by atoms with Crippen LogP contribution >= 0.6 is 11.6 Å². The normalized spacial score (nSPS) is 11.3. The first-order valence-electron chi connectivity index (χ1n) is 6.57. The van der Waals surface area contributed by atoms with Gasteiger partial charge in [-0.1, -0.05) is 41.9 Å². The largest absolute Gasteiger partial charge is 0.394 e. The summed E-state index contributed by atoms with van der Waals surface area (Å²) in [5.41, 5.74) is 1.61. The molecule has 0 aliphatic heterocycles. The summed E-state index contributed by atoms with van der Waals surface area (Å²) in [6.45, 7) is -0.217. The number of amides is 2. The third kappa shape index (κ3) is 3.98. The first kappa shape index (κ1) is 15.8. The molecule has 6 heteroatoms. The molecule has 1 atom stereocenters. The van der Waals surface area contributed by atoms with Crippen LogP contribution in [0.1, 0.15) is 17.2 Å². The van der Waals surface area contributed by atoms with Gasteiger partial charge in [-0.05, 0) is 23.8 Å². The Morgan fingerprint density at radius 1 is 1.27 bits per heavy atom. The minimum Gasteiger partial charge on any atom is -0.394 e. The van der Waals surface area contributed by atoms with Crippen LogP contribution in [-0.2, 0) is 0 Å². The van der Waals surface area contributed by atoms with Crippen LogP contribution in [0.2, 0.25) is 5.02 Å². The van der Waals surface area contributed by atoms with E-state index in [2.05, 4.69) is 10.6 Å². The zero-order chi connectivity index (χ0) is 15.9. The van der Waals surface area contributed by atoms with Crippen molar-refractivity contribution < 1.29 is 9.90 Å². The molecule has 112 valence electrons. The molecule has 0 aliphatic carbocycles. The molecule has 0 spiro atoms.